The maximum absolute atomic E-state index is 13.5. The number of carbonyl (C=O) groups is 2. The fourth-order valence-corrected chi connectivity index (χ4v) is 2.36. The van der Waals surface area contributed by atoms with Crippen molar-refractivity contribution in [2.24, 2.45) is 5.10 Å². The Kier molecular flexibility index (Phi) is 6.75. The number of carbonyl (C=O) groups excluding carboxylic acids is 2. The Balaban J connectivity index is 1.89. The zero-order chi connectivity index (χ0) is 18.4. The van der Waals surface area contributed by atoms with E-state index < -0.39 is 17.6 Å². The van der Waals surface area contributed by atoms with Crippen LogP contribution in [0.2, 0.25) is 15.1 Å². The van der Waals surface area contributed by atoms with Crippen molar-refractivity contribution in [2.75, 3.05) is 6.54 Å². The molecule has 5 nitrogen and oxygen atoms in total. The van der Waals surface area contributed by atoms with E-state index >= 15 is 0 Å². The third kappa shape index (κ3) is 5.42. The Morgan fingerprint density at radius 2 is 1.88 bits per heavy atom. The number of amides is 2. The lowest BCUT2D eigenvalue weighted by Crippen LogP contribution is -2.35. The molecule has 2 aromatic carbocycles. The van der Waals surface area contributed by atoms with Crippen LogP contribution in [0.25, 0.3) is 0 Å². The zero-order valence-corrected chi connectivity index (χ0v) is 14.8. The van der Waals surface area contributed by atoms with Gasteiger partial charge in [-0.2, -0.15) is 5.10 Å². The highest BCUT2D eigenvalue weighted by molar-refractivity contribution is 6.35. The summed E-state index contributed by atoms with van der Waals surface area (Å²) in [4.78, 5) is 23.6. The van der Waals surface area contributed by atoms with E-state index in [4.69, 9.17) is 34.8 Å². The fourth-order valence-electron chi connectivity index (χ4n) is 1.77. The van der Waals surface area contributed by atoms with E-state index in [1.54, 1.807) is 0 Å². The average molecular weight is 403 g/mol. The molecule has 0 bridgehead atoms. The molecule has 2 amide bonds. The summed E-state index contributed by atoms with van der Waals surface area (Å²) in [7, 11) is 0. The van der Waals surface area contributed by atoms with Gasteiger partial charge in [0.25, 0.3) is 11.8 Å². The highest BCUT2D eigenvalue weighted by Gasteiger charge is 2.12. The minimum absolute atomic E-state index is 0.0409. The number of hydrazone groups is 1. The lowest BCUT2D eigenvalue weighted by atomic mass is 10.2. The molecule has 0 aliphatic heterocycles. The van der Waals surface area contributed by atoms with Crippen LogP contribution in [-0.2, 0) is 4.79 Å². The summed E-state index contributed by atoms with van der Waals surface area (Å²) in [5.41, 5.74) is 2.33. The molecule has 0 heterocycles. The maximum Gasteiger partial charge on any atom is 0.259 e. The smallest absolute Gasteiger partial charge is 0.259 e. The topological polar surface area (TPSA) is 70.6 Å². The molecular formula is C16H11Cl3FN3O2. The lowest BCUT2D eigenvalue weighted by molar-refractivity contribution is -0.120. The summed E-state index contributed by atoms with van der Waals surface area (Å²) in [6.45, 7) is -0.357. The number of rotatable bonds is 5. The predicted octanol–water partition coefficient (Wildman–Crippen LogP) is 3.67. The number of halogens is 4. The Bertz CT molecular complexity index is 823. The first-order valence-electron chi connectivity index (χ1n) is 6.87. The van der Waals surface area contributed by atoms with Crippen molar-refractivity contribution in [1.82, 2.24) is 10.7 Å². The summed E-state index contributed by atoms with van der Waals surface area (Å²) >= 11 is 17.5. The summed E-state index contributed by atoms with van der Waals surface area (Å²) < 4.78 is 13.5. The highest BCUT2D eigenvalue weighted by Crippen LogP contribution is 2.20. The van der Waals surface area contributed by atoms with Crippen LogP contribution in [0.4, 0.5) is 4.39 Å². The molecule has 2 rings (SSSR count). The van der Waals surface area contributed by atoms with Gasteiger partial charge in [0.2, 0.25) is 0 Å². The molecule has 2 aromatic rings. The SMILES string of the molecule is O=C(CNC(=O)c1cc(Cl)ccc1Cl)N/N=C\c1c(F)cccc1Cl. The van der Waals surface area contributed by atoms with Crippen LogP contribution in [0.1, 0.15) is 15.9 Å². The van der Waals surface area contributed by atoms with Gasteiger partial charge < -0.3 is 5.32 Å². The number of hydrogen-bond acceptors (Lipinski definition) is 3. The van der Waals surface area contributed by atoms with E-state index in [1.807, 2.05) is 0 Å². The van der Waals surface area contributed by atoms with Gasteiger partial charge in [-0.15, -0.1) is 0 Å². The lowest BCUT2D eigenvalue weighted by Gasteiger charge is -2.06. The third-order valence-corrected chi connectivity index (χ3v) is 3.86. The quantitative estimate of drug-likeness (QED) is 0.592. The molecule has 0 aromatic heterocycles. The number of nitrogens with one attached hydrogen (secondary N) is 2. The van der Waals surface area contributed by atoms with E-state index in [0.29, 0.717) is 5.02 Å². The van der Waals surface area contributed by atoms with E-state index in [1.165, 1.54) is 36.4 Å². The monoisotopic (exact) mass is 401 g/mol. The van der Waals surface area contributed by atoms with Crippen molar-refractivity contribution in [2.45, 2.75) is 0 Å². The first-order chi connectivity index (χ1) is 11.9. The molecule has 0 fully saturated rings. The predicted molar refractivity (Wildman–Crippen MR) is 95.9 cm³/mol. The Morgan fingerprint density at radius 1 is 1.12 bits per heavy atom. The molecule has 0 saturated heterocycles. The highest BCUT2D eigenvalue weighted by atomic mass is 35.5. The summed E-state index contributed by atoms with van der Waals surface area (Å²) in [5.74, 6) is -1.76. The van der Waals surface area contributed by atoms with Crippen molar-refractivity contribution in [3.63, 3.8) is 0 Å². The molecule has 0 aliphatic rings. The van der Waals surface area contributed by atoms with Gasteiger partial charge in [-0.25, -0.2) is 9.82 Å². The average Bonchev–Trinajstić information content (AvgIpc) is 2.57. The number of hydrogen-bond donors (Lipinski definition) is 2. The van der Waals surface area contributed by atoms with Crippen LogP contribution in [0.15, 0.2) is 41.5 Å². The van der Waals surface area contributed by atoms with Gasteiger partial charge in [-0.05, 0) is 30.3 Å². The van der Waals surface area contributed by atoms with Crippen molar-refractivity contribution < 1.29 is 14.0 Å². The molecule has 2 N–H and O–H groups in total. The first-order valence-corrected chi connectivity index (χ1v) is 8.01. The molecule has 0 saturated carbocycles. The first kappa shape index (κ1) is 19.2. The van der Waals surface area contributed by atoms with E-state index in [9.17, 15) is 14.0 Å². The molecule has 0 aliphatic carbocycles. The van der Waals surface area contributed by atoms with Gasteiger partial charge in [0, 0.05) is 10.6 Å². The van der Waals surface area contributed by atoms with Crippen molar-refractivity contribution in [3.05, 3.63) is 68.4 Å². The van der Waals surface area contributed by atoms with Gasteiger partial charge in [0.15, 0.2) is 0 Å². The molecular weight excluding hydrogens is 392 g/mol. The van der Waals surface area contributed by atoms with E-state index in [0.717, 1.165) is 6.21 Å². The van der Waals surface area contributed by atoms with Crippen LogP contribution in [0.5, 0.6) is 0 Å². The van der Waals surface area contributed by atoms with E-state index in [2.05, 4.69) is 15.8 Å². The van der Waals surface area contributed by atoms with Gasteiger partial charge in [-0.1, -0.05) is 40.9 Å². The molecule has 0 unspecified atom stereocenters. The molecule has 0 atom stereocenters. The Labute approximate surface area is 157 Å². The number of benzene rings is 2. The van der Waals surface area contributed by atoms with Crippen LogP contribution in [0, 0.1) is 5.82 Å². The van der Waals surface area contributed by atoms with Gasteiger partial charge in [0.05, 0.1) is 28.4 Å². The van der Waals surface area contributed by atoms with Gasteiger partial charge in [-0.3, -0.25) is 9.59 Å². The van der Waals surface area contributed by atoms with Crippen molar-refractivity contribution in [3.8, 4) is 0 Å². The van der Waals surface area contributed by atoms with Crippen LogP contribution in [0.3, 0.4) is 0 Å². The second kappa shape index (κ2) is 8.80. The standard InChI is InChI=1S/C16H11Cl3FN3O2/c17-9-4-5-13(19)10(6-9)16(25)21-8-15(24)23-22-7-11-12(18)2-1-3-14(11)20/h1-7H,8H2,(H,21,25)(H,23,24)/b22-7-. The minimum Gasteiger partial charge on any atom is -0.343 e. The fraction of sp³-hybridized carbons (Fsp3) is 0.0625. The normalized spacial score (nSPS) is 10.7. The molecule has 9 heteroatoms. The summed E-state index contributed by atoms with van der Waals surface area (Å²) in [6, 6.07) is 8.55. The Hall–Kier alpha value is -2.15. The zero-order valence-electron chi connectivity index (χ0n) is 12.5. The van der Waals surface area contributed by atoms with Gasteiger partial charge >= 0.3 is 0 Å². The van der Waals surface area contributed by atoms with Crippen molar-refractivity contribution >= 4 is 52.8 Å². The second-order valence-electron chi connectivity index (χ2n) is 4.74. The Morgan fingerprint density at radius 3 is 2.60 bits per heavy atom. The molecule has 0 spiro atoms. The molecule has 25 heavy (non-hydrogen) atoms. The van der Waals surface area contributed by atoms with Crippen molar-refractivity contribution in [1.29, 1.82) is 0 Å². The molecule has 0 radical (unpaired) electrons. The van der Waals surface area contributed by atoms with Crippen LogP contribution >= 0.6 is 34.8 Å². The van der Waals surface area contributed by atoms with Crippen LogP contribution in [-0.4, -0.2) is 24.6 Å². The number of nitrogens with zero attached hydrogens (tertiary/aromatic N) is 1. The second-order valence-corrected chi connectivity index (χ2v) is 5.99. The van der Waals surface area contributed by atoms with Crippen LogP contribution < -0.4 is 10.7 Å². The van der Waals surface area contributed by atoms with E-state index in [-0.39, 0.29) is 27.7 Å². The minimum atomic E-state index is -0.616. The molecule has 130 valence electrons. The third-order valence-electron chi connectivity index (χ3n) is 2.97. The van der Waals surface area contributed by atoms with Gasteiger partial charge in [0.1, 0.15) is 5.82 Å². The largest absolute Gasteiger partial charge is 0.343 e. The summed E-state index contributed by atoms with van der Waals surface area (Å²) in [6.07, 6.45) is 1.07. The maximum atomic E-state index is 13.5. The summed E-state index contributed by atoms with van der Waals surface area (Å²) in [5, 5.41) is 6.66.